The van der Waals surface area contributed by atoms with Gasteiger partial charge in [0.1, 0.15) is 0 Å². The van der Waals surface area contributed by atoms with Gasteiger partial charge in [0, 0.05) is 35.0 Å². The Morgan fingerprint density at radius 1 is 0.953 bits per heavy atom. The smallest absolute Gasteiger partial charge is 0.399 e. The van der Waals surface area contributed by atoms with Crippen LogP contribution in [-0.4, -0.2) is 39.1 Å². The van der Waals surface area contributed by atoms with E-state index in [-0.39, 0.29) is 10.8 Å². The van der Waals surface area contributed by atoms with Crippen molar-refractivity contribution >= 4 is 32.8 Å². The molecule has 0 aliphatic carbocycles. The summed E-state index contributed by atoms with van der Waals surface area (Å²) in [6.45, 7) is 1.82. The molecule has 43 heavy (non-hydrogen) atoms. The number of aromatic nitrogens is 5. The third-order valence-electron chi connectivity index (χ3n) is 6.96. The number of sulfone groups is 1. The standard InChI is InChI=1S/C30H24F3N7O2S/c1-18-25(26-14-15-35-40(26)23-10-6-21(34)7-11-23)17-39-28(27(18)19-4-3-5-20(16-19)30(31,32)33)37-29(38-39)36-22-8-12-24(13-9-22)43(2,41)42/h3-17H,34H2,1-2H3,(H,36,38). The topological polar surface area (TPSA) is 120 Å². The fourth-order valence-electron chi connectivity index (χ4n) is 4.86. The molecule has 0 amide bonds. The number of fused-ring (bicyclic) bond motifs is 1. The van der Waals surface area contributed by atoms with Gasteiger partial charge in [-0.05, 0) is 84.8 Å². The van der Waals surface area contributed by atoms with Gasteiger partial charge in [-0.3, -0.25) is 0 Å². The summed E-state index contributed by atoms with van der Waals surface area (Å²) in [5.41, 5.74) is 10.1. The van der Waals surface area contributed by atoms with E-state index in [2.05, 4.69) is 20.5 Å². The second kappa shape index (κ2) is 10.3. The molecule has 3 heterocycles. The molecule has 0 atom stereocenters. The molecule has 0 aliphatic rings. The molecule has 0 bridgehead atoms. The molecule has 218 valence electrons. The highest BCUT2D eigenvalue weighted by molar-refractivity contribution is 7.90. The lowest BCUT2D eigenvalue weighted by Gasteiger charge is -2.16. The number of anilines is 3. The molecule has 13 heteroatoms. The zero-order valence-corrected chi connectivity index (χ0v) is 23.6. The van der Waals surface area contributed by atoms with Crippen molar-refractivity contribution in [1.29, 1.82) is 0 Å². The summed E-state index contributed by atoms with van der Waals surface area (Å²) in [5, 5.41) is 12.1. The number of benzene rings is 3. The van der Waals surface area contributed by atoms with Crippen LogP contribution in [0.2, 0.25) is 0 Å². The normalized spacial score (nSPS) is 12.1. The molecule has 9 nitrogen and oxygen atoms in total. The summed E-state index contributed by atoms with van der Waals surface area (Å²) in [7, 11) is -3.38. The van der Waals surface area contributed by atoms with Crippen LogP contribution in [-0.2, 0) is 16.0 Å². The van der Waals surface area contributed by atoms with Crippen molar-refractivity contribution in [2.45, 2.75) is 18.0 Å². The maximum absolute atomic E-state index is 13.7. The van der Waals surface area contributed by atoms with Crippen LogP contribution in [0.1, 0.15) is 11.1 Å². The molecule has 0 fully saturated rings. The number of nitrogen functional groups attached to an aromatic ring is 1. The number of halogens is 3. The summed E-state index contributed by atoms with van der Waals surface area (Å²) in [6, 6.07) is 20.1. The van der Waals surface area contributed by atoms with Gasteiger partial charge >= 0.3 is 6.18 Å². The maximum atomic E-state index is 13.7. The lowest BCUT2D eigenvalue weighted by atomic mass is 9.95. The van der Waals surface area contributed by atoms with E-state index >= 15 is 0 Å². The Hall–Kier alpha value is -5.17. The van der Waals surface area contributed by atoms with Crippen LogP contribution in [0.5, 0.6) is 0 Å². The molecule has 0 radical (unpaired) electrons. The zero-order chi connectivity index (χ0) is 30.5. The molecule has 3 aromatic heterocycles. The van der Waals surface area contributed by atoms with Crippen molar-refractivity contribution in [1.82, 2.24) is 24.4 Å². The Bertz CT molecular complexity index is 2080. The number of hydrogen-bond donors (Lipinski definition) is 2. The number of alkyl halides is 3. The number of nitrogens with one attached hydrogen (secondary N) is 1. The zero-order valence-electron chi connectivity index (χ0n) is 22.8. The van der Waals surface area contributed by atoms with Crippen LogP contribution in [0.15, 0.2) is 96.2 Å². The van der Waals surface area contributed by atoms with Crippen LogP contribution < -0.4 is 11.1 Å². The van der Waals surface area contributed by atoms with Gasteiger partial charge in [-0.2, -0.15) is 23.3 Å². The van der Waals surface area contributed by atoms with Crippen LogP contribution in [0.25, 0.3) is 33.7 Å². The molecule has 0 spiro atoms. The van der Waals surface area contributed by atoms with E-state index in [0.717, 1.165) is 24.1 Å². The second-order valence-corrected chi connectivity index (χ2v) is 12.0. The van der Waals surface area contributed by atoms with E-state index in [4.69, 9.17) is 5.73 Å². The fraction of sp³-hybridized carbons (Fsp3) is 0.100. The van der Waals surface area contributed by atoms with E-state index in [1.165, 1.54) is 22.7 Å². The van der Waals surface area contributed by atoms with Crippen LogP contribution >= 0.6 is 0 Å². The maximum Gasteiger partial charge on any atom is 0.416 e. The van der Waals surface area contributed by atoms with Crippen molar-refractivity contribution in [3.05, 3.63) is 102 Å². The highest BCUT2D eigenvalue weighted by Gasteiger charge is 2.31. The SMILES string of the molecule is Cc1c(-c2ccnn2-c2ccc(N)cc2)cn2nc(Nc3ccc(S(C)(=O)=O)cc3)nc2c1-c1cccc(C(F)(F)F)c1. The van der Waals surface area contributed by atoms with Gasteiger partial charge in [0.05, 0.1) is 28.0 Å². The van der Waals surface area contributed by atoms with E-state index in [0.29, 0.717) is 45.0 Å². The van der Waals surface area contributed by atoms with E-state index in [9.17, 15) is 21.6 Å². The van der Waals surface area contributed by atoms with Gasteiger partial charge in [0.15, 0.2) is 15.5 Å². The highest BCUT2D eigenvalue weighted by atomic mass is 32.2. The number of rotatable bonds is 6. The highest BCUT2D eigenvalue weighted by Crippen LogP contribution is 2.38. The van der Waals surface area contributed by atoms with Gasteiger partial charge in [0.2, 0.25) is 5.95 Å². The summed E-state index contributed by atoms with van der Waals surface area (Å²) in [6.07, 6.45) is -0.0388. The quantitative estimate of drug-likeness (QED) is 0.214. The van der Waals surface area contributed by atoms with E-state index in [1.54, 1.807) is 53.5 Å². The first-order chi connectivity index (χ1) is 20.4. The molecule has 3 N–H and O–H groups in total. The minimum absolute atomic E-state index is 0.158. The average molecular weight is 604 g/mol. The van der Waals surface area contributed by atoms with Gasteiger partial charge < -0.3 is 11.1 Å². The van der Waals surface area contributed by atoms with Crippen molar-refractivity contribution in [3.8, 4) is 28.1 Å². The Balaban J connectivity index is 1.53. The van der Waals surface area contributed by atoms with Crippen molar-refractivity contribution in [2.24, 2.45) is 0 Å². The monoisotopic (exact) mass is 603 g/mol. The van der Waals surface area contributed by atoms with Crippen LogP contribution in [0.4, 0.5) is 30.5 Å². The lowest BCUT2D eigenvalue weighted by Crippen LogP contribution is -2.06. The molecule has 0 aliphatic heterocycles. The van der Waals surface area contributed by atoms with Crippen LogP contribution in [0, 0.1) is 6.92 Å². The van der Waals surface area contributed by atoms with E-state index in [1.807, 2.05) is 19.1 Å². The van der Waals surface area contributed by atoms with Crippen molar-refractivity contribution < 1.29 is 21.6 Å². The Kier molecular flexibility index (Phi) is 6.69. The van der Waals surface area contributed by atoms with Gasteiger partial charge in [-0.1, -0.05) is 12.1 Å². The molecule has 0 saturated heterocycles. The number of pyridine rings is 1. The summed E-state index contributed by atoms with van der Waals surface area (Å²) < 4.78 is 68.0. The lowest BCUT2D eigenvalue weighted by molar-refractivity contribution is -0.137. The third-order valence-corrected chi connectivity index (χ3v) is 8.09. The number of nitrogens with two attached hydrogens (primary N) is 1. The Labute approximate surface area is 244 Å². The third kappa shape index (κ3) is 5.42. The van der Waals surface area contributed by atoms with Gasteiger partial charge in [-0.25, -0.2) is 17.6 Å². The average Bonchev–Trinajstić information content (AvgIpc) is 3.59. The predicted molar refractivity (Wildman–Crippen MR) is 158 cm³/mol. The first-order valence-corrected chi connectivity index (χ1v) is 14.8. The summed E-state index contributed by atoms with van der Waals surface area (Å²) in [5.74, 6) is 0.170. The van der Waals surface area contributed by atoms with Gasteiger partial charge in [-0.15, -0.1) is 5.10 Å². The molecular weight excluding hydrogens is 579 g/mol. The molecule has 6 aromatic rings. The largest absolute Gasteiger partial charge is 0.416 e. The predicted octanol–water partition coefficient (Wildman–Crippen LogP) is 6.31. The molecule has 6 rings (SSSR count). The Morgan fingerprint density at radius 3 is 2.35 bits per heavy atom. The first-order valence-electron chi connectivity index (χ1n) is 12.9. The minimum Gasteiger partial charge on any atom is -0.399 e. The molecular formula is C30H24F3N7O2S. The molecule has 0 unspecified atom stereocenters. The molecule has 3 aromatic carbocycles. The summed E-state index contributed by atoms with van der Waals surface area (Å²) >= 11 is 0. The Morgan fingerprint density at radius 2 is 1.67 bits per heavy atom. The van der Waals surface area contributed by atoms with Crippen molar-refractivity contribution in [2.75, 3.05) is 17.3 Å². The first kappa shape index (κ1) is 28.0. The van der Waals surface area contributed by atoms with Gasteiger partial charge in [0.25, 0.3) is 0 Å². The fourth-order valence-corrected chi connectivity index (χ4v) is 5.49. The van der Waals surface area contributed by atoms with Crippen molar-refractivity contribution in [3.63, 3.8) is 0 Å². The summed E-state index contributed by atoms with van der Waals surface area (Å²) in [4.78, 5) is 4.78. The molecule has 0 saturated carbocycles. The minimum atomic E-state index is -4.54. The second-order valence-electron chi connectivity index (χ2n) is 9.97. The number of hydrogen-bond acceptors (Lipinski definition) is 7. The van der Waals surface area contributed by atoms with E-state index < -0.39 is 21.6 Å². The van der Waals surface area contributed by atoms with Crippen LogP contribution in [0.3, 0.4) is 0 Å². The number of nitrogens with zero attached hydrogens (tertiary/aromatic N) is 5.